The van der Waals surface area contributed by atoms with Crippen LogP contribution in [0.25, 0.3) is 0 Å². The Morgan fingerprint density at radius 1 is 1.40 bits per heavy atom. The number of rotatable bonds is 2. The molecule has 4 rings (SSSR count). The van der Waals surface area contributed by atoms with Crippen LogP contribution in [0.15, 0.2) is 18.2 Å². The van der Waals surface area contributed by atoms with E-state index in [0.29, 0.717) is 25.5 Å². The summed E-state index contributed by atoms with van der Waals surface area (Å²) in [4.78, 5) is 29.1. The maximum atomic E-state index is 14.3. The molecule has 3 atom stereocenters. The minimum atomic E-state index is -0.719. The van der Waals surface area contributed by atoms with Crippen molar-refractivity contribution in [1.29, 1.82) is 0 Å². The lowest BCUT2D eigenvalue weighted by Gasteiger charge is -2.34. The quantitative estimate of drug-likeness (QED) is 0.826. The van der Waals surface area contributed by atoms with Crippen LogP contribution in [0.4, 0.5) is 4.39 Å². The zero-order valence-electron chi connectivity index (χ0n) is 14.8. The summed E-state index contributed by atoms with van der Waals surface area (Å²) >= 11 is 0. The first-order valence-electron chi connectivity index (χ1n) is 8.88. The van der Waals surface area contributed by atoms with Gasteiger partial charge in [-0.3, -0.25) is 9.59 Å². The molecule has 6 heteroatoms. The largest absolute Gasteiger partial charge is 0.351 e. The third-order valence-corrected chi connectivity index (χ3v) is 5.87. The van der Waals surface area contributed by atoms with E-state index in [1.165, 1.54) is 12.1 Å². The van der Waals surface area contributed by atoms with Crippen molar-refractivity contribution in [2.45, 2.75) is 51.4 Å². The number of benzene rings is 1. The van der Waals surface area contributed by atoms with E-state index in [-0.39, 0.29) is 35.9 Å². The van der Waals surface area contributed by atoms with Crippen molar-refractivity contribution in [3.05, 3.63) is 35.1 Å². The van der Waals surface area contributed by atoms with Gasteiger partial charge in [-0.2, -0.15) is 0 Å². The number of amides is 2. The number of hydrogen-bond donors (Lipinski definition) is 0. The van der Waals surface area contributed by atoms with Gasteiger partial charge in [0.15, 0.2) is 5.72 Å². The molecule has 0 saturated carbocycles. The lowest BCUT2D eigenvalue weighted by molar-refractivity contribution is -0.139. The Kier molecular flexibility index (Phi) is 3.65. The predicted molar refractivity (Wildman–Crippen MR) is 89.4 cm³/mol. The SMILES string of the molecule is Cc1ccc(C(=O)N2CC[C@@]34OC[C@@H](C(C)C)N3C(=O)C[C@@H]24)c(F)c1. The Morgan fingerprint density at radius 2 is 2.16 bits per heavy atom. The third kappa shape index (κ3) is 2.23. The normalized spacial score (nSPS) is 31.0. The van der Waals surface area contributed by atoms with E-state index in [9.17, 15) is 14.0 Å². The molecule has 3 aliphatic rings. The highest BCUT2D eigenvalue weighted by atomic mass is 19.1. The van der Waals surface area contributed by atoms with Gasteiger partial charge >= 0.3 is 0 Å². The fraction of sp³-hybridized carbons (Fsp3) is 0.579. The van der Waals surface area contributed by atoms with Crippen LogP contribution in [-0.2, 0) is 9.53 Å². The Balaban J connectivity index is 1.65. The zero-order valence-corrected chi connectivity index (χ0v) is 14.8. The average molecular weight is 346 g/mol. The molecule has 0 N–H and O–H groups in total. The van der Waals surface area contributed by atoms with Crippen molar-refractivity contribution in [3.63, 3.8) is 0 Å². The number of aryl methyl sites for hydroxylation is 1. The maximum Gasteiger partial charge on any atom is 0.257 e. The van der Waals surface area contributed by atoms with E-state index in [2.05, 4.69) is 13.8 Å². The number of likely N-dealkylation sites (tertiary alicyclic amines) is 1. The van der Waals surface area contributed by atoms with Crippen LogP contribution in [0, 0.1) is 18.7 Å². The van der Waals surface area contributed by atoms with Crippen molar-refractivity contribution in [3.8, 4) is 0 Å². The van der Waals surface area contributed by atoms with Gasteiger partial charge in [-0.25, -0.2) is 4.39 Å². The Morgan fingerprint density at radius 3 is 2.84 bits per heavy atom. The number of ether oxygens (including phenoxy) is 1. The first-order chi connectivity index (χ1) is 11.8. The van der Waals surface area contributed by atoms with Crippen LogP contribution in [0.2, 0.25) is 0 Å². The topological polar surface area (TPSA) is 49.9 Å². The summed E-state index contributed by atoms with van der Waals surface area (Å²) in [6.45, 7) is 6.92. The molecule has 5 nitrogen and oxygen atoms in total. The number of carbonyl (C=O) groups excluding carboxylic acids is 2. The molecule has 3 heterocycles. The van der Waals surface area contributed by atoms with Crippen molar-refractivity contribution >= 4 is 11.8 Å². The molecule has 0 aliphatic carbocycles. The van der Waals surface area contributed by atoms with Gasteiger partial charge < -0.3 is 14.5 Å². The predicted octanol–water partition coefficient (Wildman–Crippen LogP) is 2.33. The molecule has 3 fully saturated rings. The average Bonchev–Trinajstić information content (AvgIpc) is 3.16. The summed E-state index contributed by atoms with van der Waals surface area (Å²) < 4.78 is 20.4. The summed E-state index contributed by atoms with van der Waals surface area (Å²) in [6, 6.07) is 4.33. The van der Waals surface area contributed by atoms with Crippen LogP contribution in [-0.4, -0.2) is 52.6 Å². The summed E-state index contributed by atoms with van der Waals surface area (Å²) in [6.07, 6.45) is 0.842. The van der Waals surface area contributed by atoms with Gasteiger partial charge in [0, 0.05) is 13.0 Å². The standard InChI is InChI=1S/C19H23FN2O3/c1-11(2)15-10-25-19-6-7-21(16(19)9-17(23)22(15)19)18(24)13-5-4-12(3)8-14(13)20/h4-5,8,11,15-16H,6-7,9-10H2,1-3H3/t15-,16+,19-/m0/s1. The zero-order chi connectivity index (χ0) is 17.9. The van der Waals surface area contributed by atoms with E-state index in [1.807, 2.05) is 4.90 Å². The third-order valence-electron chi connectivity index (χ3n) is 5.87. The molecule has 1 aromatic rings. The van der Waals surface area contributed by atoms with Gasteiger partial charge in [-0.15, -0.1) is 0 Å². The first kappa shape index (κ1) is 16.5. The number of carbonyl (C=O) groups is 2. The summed E-state index contributed by atoms with van der Waals surface area (Å²) in [5, 5.41) is 0. The summed E-state index contributed by atoms with van der Waals surface area (Å²) in [5.74, 6) is -0.547. The Bertz CT molecular complexity index is 750. The van der Waals surface area contributed by atoms with E-state index >= 15 is 0 Å². The van der Waals surface area contributed by atoms with Crippen LogP contribution >= 0.6 is 0 Å². The second kappa shape index (κ2) is 5.53. The molecule has 0 aromatic heterocycles. The van der Waals surface area contributed by atoms with Gasteiger partial charge in [0.25, 0.3) is 5.91 Å². The highest BCUT2D eigenvalue weighted by Crippen LogP contribution is 2.49. The molecule has 1 aromatic carbocycles. The minimum absolute atomic E-state index is 0.0306. The van der Waals surface area contributed by atoms with E-state index in [0.717, 1.165) is 5.56 Å². The molecule has 3 aliphatic heterocycles. The molecule has 25 heavy (non-hydrogen) atoms. The van der Waals surface area contributed by atoms with Crippen LogP contribution < -0.4 is 0 Å². The monoisotopic (exact) mass is 346 g/mol. The molecular formula is C19H23FN2O3. The lowest BCUT2D eigenvalue weighted by atomic mass is 10.0. The maximum absolute atomic E-state index is 14.3. The van der Waals surface area contributed by atoms with Crippen molar-refractivity contribution in [1.82, 2.24) is 9.80 Å². The van der Waals surface area contributed by atoms with Gasteiger partial charge in [-0.05, 0) is 30.5 Å². The highest BCUT2D eigenvalue weighted by molar-refractivity contribution is 5.96. The van der Waals surface area contributed by atoms with E-state index in [1.54, 1.807) is 17.9 Å². The van der Waals surface area contributed by atoms with Crippen LogP contribution in [0.3, 0.4) is 0 Å². The summed E-state index contributed by atoms with van der Waals surface area (Å²) in [7, 11) is 0. The lowest BCUT2D eigenvalue weighted by Crippen LogP contribution is -2.51. The fourth-order valence-electron chi connectivity index (χ4n) is 4.56. The molecule has 2 amide bonds. The van der Waals surface area contributed by atoms with Crippen LogP contribution in [0.1, 0.15) is 42.6 Å². The minimum Gasteiger partial charge on any atom is -0.351 e. The molecule has 1 spiro atoms. The molecule has 0 radical (unpaired) electrons. The highest BCUT2D eigenvalue weighted by Gasteiger charge is 2.65. The molecule has 0 unspecified atom stereocenters. The molecule has 3 saturated heterocycles. The summed E-state index contributed by atoms with van der Waals surface area (Å²) in [5.41, 5.74) is 0.114. The van der Waals surface area contributed by atoms with Crippen molar-refractivity contribution in [2.75, 3.05) is 13.2 Å². The first-order valence-corrected chi connectivity index (χ1v) is 8.88. The molecule has 134 valence electrons. The molecule has 0 bridgehead atoms. The van der Waals surface area contributed by atoms with Gasteiger partial charge in [-0.1, -0.05) is 19.9 Å². The number of halogens is 1. The van der Waals surface area contributed by atoms with Crippen molar-refractivity contribution in [2.24, 2.45) is 5.92 Å². The van der Waals surface area contributed by atoms with Gasteiger partial charge in [0.05, 0.1) is 30.7 Å². The molecular weight excluding hydrogens is 323 g/mol. The van der Waals surface area contributed by atoms with E-state index in [4.69, 9.17) is 4.74 Å². The Labute approximate surface area is 146 Å². The fourth-order valence-corrected chi connectivity index (χ4v) is 4.56. The van der Waals surface area contributed by atoms with Crippen molar-refractivity contribution < 1.29 is 18.7 Å². The Hall–Kier alpha value is -1.95. The van der Waals surface area contributed by atoms with Crippen LogP contribution in [0.5, 0.6) is 0 Å². The second-order valence-corrected chi connectivity index (χ2v) is 7.68. The second-order valence-electron chi connectivity index (χ2n) is 7.68. The number of nitrogens with zero attached hydrogens (tertiary/aromatic N) is 2. The van der Waals surface area contributed by atoms with E-state index < -0.39 is 11.5 Å². The van der Waals surface area contributed by atoms with Gasteiger partial charge in [0.2, 0.25) is 5.91 Å². The smallest absolute Gasteiger partial charge is 0.257 e. The number of hydrogen-bond acceptors (Lipinski definition) is 3. The van der Waals surface area contributed by atoms with Gasteiger partial charge in [0.1, 0.15) is 5.82 Å².